The monoisotopic (exact) mass is 416 g/mol. The van der Waals surface area contributed by atoms with E-state index in [0.717, 1.165) is 16.8 Å². The summed E-state index contributed by atoms with van der Waals surface area (Å²) in [6.07, 6.45) is 1.10. The van der Waals surface area contributed by atoms with Gasteiger partial charge in [-0.15, -0.1) is 0 Å². The summed E-state index contributed by atoms with van der Waals surface area (Å²) in [5.74, 6) is 0.892. The van der Waals surface area contributed by atoms with E-state index in [4.69, 9.17) is 9.47 Å². The molecule has 1 N–H and O–H groups in total. The third-order valence-corrected chi connectivity index (χ3v) is 5.37. The molecule has 0 radical (unpaired) electrons. The van der Waals surface area contributed by atoms with Gasteiger partial charge in [0.1, 0.15) is 11.5 Å². The van der Waals surface area contributed by atoms with Gasteiger partial charge in [0, 0.05) is 23.9 Å². The van der Waals surface area contributed by atoms with Gasteiger partial charge in [-0.1, -0.05) is 30.3 Å². The minimum absolute atomic E-state index is 0.108. The second kappa shape index (κ2) is 8.92. The van der Waals surface area contributed by atoms with Crippen molar-refractivity contribution in [2.45, 2.75) is 19.4 Å². The highest BCUT2D eigenvalue weighted by molar-refractivity contribution is 6.06. The maximum atomic E-state index is 12.8. The lowest BCUT2D eigenvalue weighted by atomic mass is 9.99. The van der Waals surface area contributed by atoms with Gasteiger partial charge in [0.15, 0.2) is 0 Å². The van der Waals surface area contributed by atoms with Gasteiger partial charge in [0.2, 0.25) is 5.91 Å². The Morgan fingerprint density at radius 3 is 2.52 bits per heavy atom. The molecule has 6 heteroatoms. The van der Waals surface area contributed by atoms with E-state index in [-0.39, 0.29) is 11.8 Å². The van der Waals surface area contributed by atoms with Crippen LogP contribution in [0.3, 0.4) is 0 Å². The smallest absolute Gasteiger partial charge is 0.259 e. The van der Waals surface area contributed by atoms with Crippen molar-refractivity contribution in [3.63, 3.8) is 0 Å². The average molecular weight is 416 g/mol. The van der Waals surface area contributed by atoms with Crippen LogP contribution < -0.4 is 19.7 Å². The molecule has 0 atom stereocenters. The number of benzene rings is 3. The van der Waals surface area contributed by atoms with Gasteiger partial charge in [0.05, 0.1) is 26.3 Å². The molecule has 0 spiro atoms. The van der Waals surface area contributed by atoms with Crippen molar-refractivity contribution in [1.82, 2.24) is 0 Å². The van der Waals surface area contributed by atoms with Crippen molar-refractivity contribution in [3.8, 4) is 11.5 Å². The van der Waals surface area contributed by atoms with Gasteiger partial charge in [-0.2, -0.15) is 0 Å². The minimum atomic E-state index is -0.271. The molecule has 2 amide bonds. The number of hydrogen-bond acceptors (Lipinski definition) is 4. The lowest BCUT2D eigenvalue weighted by Crippen LogP contribution is -2.34. The van der Waals surface area contributed by atoms with E-state index in [9.17, 15) is 9.59 Å². The molecule has 1 heterocycles. The van der Waals surface area contributed by atoms with Crippen molar-refractivity contribution < 1.29 is 19.1 Å². The molecular weight excluding hydrogens is 392 g/mol. The number of amides is 2. The Balaban J connectivity index is 1.56. The molecular formula is C25H24N2O4. The topological polar surface area (TPSA) is 67.9 Å². The molecule has 0 fully saturated rings. The highest BCUT2D eigenvalue weighted by Crippen LogP contribution is 2.32. The number of rotatable bonds is 6. The number of methoxy groups -OCH3 is 2. The lowest BCUT2D eigenvalue weighted by molar-refractivity contribution is -0.119. The summed E-state index contributed by atoms with van der Waals surface area (Å²) < 4.78 is 10.5. The first-order chi connectivity index (χ1) is 15.1. The molecule has 1 aliphatic rings. The number of hydrogen-bond donors (Lipinski definition) is 1. The lowest BCUT2D eigenvalue weighted by Gasteiger charge is -2.30. The summed E-state index contributed by atoms with van der Waals surface area (Å²) in [4.78, 5) is 27.2. The van der Waals surface area contributed by atoms with Crippen LogP contribution in [0.5, 0.6) is 11.5 Å². The number of fused-ring (bicyclic) bond motifs is 1. The summed E-state index contributed by atoms with van der Waals surface area (Å²) in [5.41, 5.74) is 4.10. The fraction of sp³-hybridized carbons (Fsp3) is 0.200. The first kappa shape index (κ1) is 20.5. The third kappa shape index (κ3) is 4.38. The molecule has 3 aromatic carbocycles. The van der Waals surface area contributed by atoms with E-state index in [1.54, 1.807) is 25.3 Å². The van der Waals surface area contributed by atoms with Gasteiger partial charge in [-0.05, 0) is 47.9 Å². The Morgan fingerprint density at radius 2 is 1.77 bits per heavy atom. The van der Waals surface area contributed by atoms with Crippen LogP contribution in [0.4, 0.5) is 11.4 Å². The quantitative estimate of drug-likeness (QED) is 0.645. The van der Waals surface area contributed by atoms with Gasteiger partial charge < -0.3 is 19.7 Å². The zero-order chi connectivity index (χ0) is 21.8. The fourth-order valence-corrected chi connectivity index (χ4v) is 3.76. The molecule has 0 saturated heterocycles. The highest BCUT2D eigenvalue weighted by Gasteiger charge is 2.25. The van der Waals surface area contributed by atoms with Crippen molar-refractivity contribution in [1.29, 1.82) is 0 Å². The Labute approximate surface area is 181 Å². The number of nitrogens with zero attached hydrogens (tertiary/aromatic N) is 1. The zero-order valence-electron chi connectivity index (χ0n) is 17.6. The minimum Gasteiger partial charge on any atom is -0.497 e. The first-order valence-electron chi connectivity index (χ1n) is 10.1. The predicted molar refractivity (Wildman–Crippen MR) is 120 cm³/mol. The van der Waals surface area contributed by atoms with Gasteiger partial charge in [-0.3, -0.25) is 9.59 Å². The molecule has 31 heavy (non-hydrogen) atoms. The zero-order valence-corrected chi connectivity index (χ0v) is 17.6. The van der Waals surface area contributed by atoms with Gasteiger partial charge in [0.25, 0.3) is 5.91 Å². The van der Waals surface area contributed by atoms with Crippen molar-refractivity contribution in [3.05, 3.63) is 83.4 Å². The van der Waals surface area contributed by atoms with E-state index < -0.39 is 0 Å². The standard InChI is InChI=1S/C25H24N2O4/c1-30-20-10-11-21(23(15-20)31-2)25(29)26-19-9-12-22-18(14-19)8-13-24(28)27(22)16-17-6-4-3-5-7-17/h3-7,9-12,14-15H,8,13,16H2,1-2H3,(H,26,29). The van der Waals surface area contributed by atoms with Crippen molar-refractivity contribution in [2.75, 3.05) is 24.4 Å². The highest BCUT2D eigenvalue weighted by atomic mass is 16.5. The number of carbonyl (C=O) groups is 2. The maximum absolute atomic E-state index is 12.8. The van der Waals surface area contributed by atoms with Gasteiger partial charge >= 0.3 is 0 Å². The summed E-state index contributed by atoms with van der Waals surface area (Å²) in [5, 5.41) is 2.93. The van der Waals surface area contributed by atoms with Gasteiger partial charge in [-0.25, -0.2) is 0 Å². The number of nitrogens with one attached hydrogen (secondary N) is 1. The van der Waals surface area contributed by atoms with E-state index >= 15 is 0 Å². The maximum Gasteiger partial charge on any atom is 0.259 e. The van der Waals surface area contributed by atoms with Crippen LogP contribution in [0.25, 0.3) is 0 Å². The van der Waals surface area contributed by atoms with E-state index in [2.05, 4.69) is 5.32 Å². The van der Waals surface area contributed by atoms with Crippen LogP contribution >= 0.6 is 0 Å². The van der Waals surface area contributed by atoms with Crippen LogP contribution in [-0.4, -0.2) is 26.0 Å². The largest absolute Gasteiger partial charge is 0.497 e. The predicted octanol–water partition coefficient (Wildman–Crippen LogP) is 4.44. The van der Waals surface area contributed by atoms with Crippen LogP contribution in [0.15, 0.2) is 66.7 Å². The van der Waals surface area contributed by atoms with E-state index in [1.165, 1.54) is 7.11 Å². The third-order valence-electron chi connectivity index (χ3n) is 5.37. The van der Waals surface area contributed by atoms with Crippen molar-refractivity contribution >= 4 is 23.2 Å². The Bertz CT molecular complexity index is 1110. The summed E-state index contributed by atoms with van der Waals surface area (Å²) in [6, 6.07) is 20.7. The van der Waals surface area contributed by atoms with Crippen molar-refractivity contribution in [2.24, 2.45) is 0 Å². The summed E-state index contributed by atoms with van der Waals surface area (Å²) in [6.45, 7) is 0.529. The van der Waals surface area contributed by atoms with Crippen LogP contribution in [0.2, 0.25) is 0 Å². The molecule has 1 aliphatic heterocycles. The summed E-state index contributed by atoms with van der Waals surface area (Å²) >= 11 is 0. The van der Waals surface area contributed by atoms with Crippen LogP contribution in [0.1, 0.15) is 27.9 Å². The normalized spacial score (nSPS) is 12.8. The second-order valence-corrected chi connectivity index (χ2v) is 7.33. The second-order valence-electron chi connectivity index (χ2n) is 7.33. The molecule has 158 valence electrons. The summed E-state index contributed by atoms with van der Waals surface area (Å²) in [7, 11) is 3.08. The fourth-order valence-electron chi connectivity index (χ4n) is 3.76. The molecule has 0 aromatic heterocycles. The Hall–Kier alpha value is -3.80. The molecule has 0 aliphatic carbocycles. The van der Waals surface area contributed by atoms with Crippen LogP contribution in [-0.2, 0) is 17.8 Å². The first-order valence-corrected chi connectivity index (χ1v) is 10.1. The number of aryl methyl sites for hydroxylation is 1. The molecule has 4 rings (SSSR count). The molecule has 6 nitrogen and oxygen atoms in total. The number of ether oxygens (including phenoxy) is 2. The number of carbonyl (C=O) groups excluding carboxylic acids is 2. The van der Waals surface area contributed by atoms with Crippen LogP contribution in [0, 0.1) is 0 Å². The Morgan fingerprint density at radius 1 is 0.968 bits per heavy atom. The molecule has 3 aromatic rings. The SMILES string of the molecule is COc1ccc(C(=O)Nc2ccc3c(c2)CCC(=O)N3Cc2ccccc2)c(OC)c1. The van der Waals surface area contributed by atoms with E-state index in [0.29, 0.717) is 42.1 Å². The molecule has 0 bridgehead atoms. The molecule has 0 unspecified atom stereocenters. The van der Waals surface area contributed by atoms with E-state index in [1.807, 2.05) is 53.4 Å². The average Bonchev–Trinajstić information content (AvgIpc) is 2.81. The Kier molecular flexibility index (Phi) is 5.89. The molecule has 0 saturated carbocycles. The number of anilines is 2.